The lowest BCUT2D eigenvalue weighted by molar-refractivity contribution is -0.131. The lowest BCUT2D eigenvalue weighted by Crippen LogP contribution is -2.00. The first-order chi connectivity index (χ1) is 8.13. The summed E-state index contributed by atoms with van der Waals surface area (Å²) in [4.78, 5) is 21.5. The van der Waals surface area contributed by atoms with Crippen LogP contribution in [-0.4, -0.2) is 17.0 Å². The fraction of sp³-hybridized carbons (Fsp3) is 0.0769. The van der Waals surface area contributed by atoms with E-state index in [4.69, 9.17) is 5.11 Å². The first-order valence-corrected chi connectivity index (χ1v) is 4.94. The summed E-state index contributed by atoms with van der Waals surface area (Å²) >= 11 is 0. The molecule has 17 heavy (non-hydrogen) atoms. The van der Waals surface area contributed by atoms with Crippen molar-refractivity contribution in [3.63, 3.8) is 0 Å². The third-order valence-corrected chi connectivity index (χ3v) is 1.99. The number of aliphatic carboxylic acids is 1. The Balaban J connectivity index is 2.64. The van der Waals surface area contributed by atoms with E-state index in [1.54, 1.807) is 30.3 Å². The van der Waals surface area contributed by atoms with Crippen LogP contribution in [-0.2, 0) is 16.0 Å². The Bertz CT molecular complexity index is 443. The number of ether oxygens (including phenoxy) is 1. The number of hydrogen-bond donors (Lipinski definition) is 1. The quantitative estimate of drug-likeness (QED) is 0.480. The highest BCUT2D eigenvalue weighted by Gasteiger charge is 2.04. The maximum atomic E-state index is 11.3. The van der Waals surface area contributed by atoms with E-state index in [-0.39, 0.29) is 0 Å². The topological polar surface area (TPSA) is 63.6 Å². The van der Waals surface area contributed by atoms with Gasteiger partial charge < -0.3 is 9.84 Å². The highest BCUT2D eigenvalue weighted by molar-refractivity contribution is 5.89. The standard InChI is InChI=1S/C13H12O4/c1-2-17-13(16)11-8-6-10(7-9-11)4-3-5-12(14)15/h2-3,5-9H,1,4H2,(H,14,15). The van der Waals surface area contributed by atoms with Crippen molar-refractivity contribution in [3.05, 3.63) is 60.4 Å². The summed E-state index contributed by atoms with van der Waals surface area (Å²) in [5.41, 5.74) is 1.34. The van der Waals surface area contributed by atoms with Crippen molar-refractivity contribution in [1.82, 2.24) is 0 Å². The molecule has 0 saturated heterocycles. The monoisotopic (exact) mass is 232 g/mol. The molecule has 0 unspecified atom stereocenters. The maximum absolute atomic E-state index is 11.3. The van der Waals surface area contributed by atoms with Gasteiger partial charge in [0.2, 0.25) is 0 Å². The Kier molecular flexibility index (Phi) is 4.69. The molecule has 4 nitrogen and oxygen atoms in total. The molecule has 0 amide bonds. The zero-order chi connectivity index (χ0) is 12.7. The van der Waals surface area contributed by atoms with Gasteiger partial charge in [-0.2, -0.15) is 0 Å². The van der Waals surface area contributed by atoms with Crippen LogP contribution in [0.3, 0.4) is 0 Å². The summed E-state index contributed by atoms with van der Waals surface area (Å²) in [5, 5.41) is 8.41. The van der Waals surface area contributed by atoms with Crippen molar-refractivity contribution in [2.75, 3.05) is 0 Å². The van der Waals surface area contributed by atoms with Gasteiger partial charge in [0, 0.05) is 6.08 Å². The van der Waals surface area contributed by atoms with Crippen LogP contribution in [0.15, 0.2) is 49.3 Å². The van der Waals surface area contributed by atoms with E-state index in [1.807, 2.05) is 0 Å². The number of carboxylic acids is 1. The van der Waals surface area contributed by atoms with Crippen LogP contribution in [0.4, 0.5) is 0 Å². The molecule has 1 rings (SSSR count). The molecular weight excluding hydrogens is 220 g/mol. The molecule has 88 valence electrons. The van der Waals surface area contributed by atoms with E-state index in [1.165, 1.54) is 0 Å². The Morgan fingerprint density at radius 2 is 1.94 bits per heavy atom. The van der Waals surface area contributed by atoms with Crippen molar-refractivity contribution >= 4 is 11.9 Å². The van der Waals surface area contributed by atoms with Gasteiger partial charge in [-0.3, -0.25) is 0 Å². The summed E-state index contributed by atoms with van der Waals surface area (Å²) in [6.45, 7) is 3.29. The zero-order valence-electron chi connectivity index (χ0n) is 9.13. The number of allylic oxidation sites excluding steroid dienone is 1. The molecule has 0 heterocycles. The van der Waals surface area contributed by atoms with E-state index < -0.39 is 11.9 Å². The van der Waals surface area contributed by atoms with Crippen LogP contribution in [0.2, 0.25) is 0 Å². The highest BCUT2D eigenvalue weighted by atomic mass is 16.5. The van der Waals surface area contributed by atoms with Crippen LogP contribution in [0.5, 0.6) is 0 Å². The minimum absolute atomic E-state index is 0.427. The van der Waals surface area contributed by atoms with Crippen LogP contribution >= 0.6 is 0 Å². The predicted octanol–water partition coefficient (Wildman–Crippen LogP) is 2.17. The van der Waals surface area contributed by atoms with Gasteiger partial charge in [-0.15, -0.1) is 0 Å². The highest BCUT2D eigenvalue weighted by Crippen LogP contribution is 2.07. The second-order valence-corrected chi connectivity index (χ2v) is 3.21. The van der Waals surface area contributed by atoms with Crippen LogP contribution in [0.1, 0.15) is 15.9 Å². The number of carboxylic acid groups (broad SMARTS) is 1. The molecule has 0 saturated carbocycles. The summed E-state index contributed by atoms with van der Waals surface area (Å²) in [5.74, 6) is -1.44. The summed E-state index contributed by atoms with van der Waals surface area (Å²) in [6, 6.07) is 6.73. The number of carbonyl (C=O) groups excluding carboxylic acids is 1. The van der Waals surface area contributed by atoms with Gasteiger partial charge in [0.1, 0.15) is 0 Å². The van der Waals surface area contributed by atoms with Gasteiger partial charge in [0.25, 0.3) is 0 Å². The largest absolute Gasteiger partial charge is 0.478 e. The Hall–Kier alpha value is -2.36. The van der Waals surface area contributed by atoms with Crippen molar-refractivity contribution in [3.8, 4) is 0 Å². The molecule has 0 atom stereocenters. The van der Waals surface area contributed by atoms with Gasteiger partial charge in [0.15, 0.2) is 0 Å². The second kappa shape index (κ2) is 6.27. The average molecular weight is 232 g/mol. The predicted molar refractivity (Wildman–Crippen MR) is 62.5 cm³/mol. The number of rotatable bonds is 5. The number of esters is 1. The molecule has 1 aromatic carbocycles. The fourth-order valence-electron chi connectivity index (χ4n) is 1.22. The zero-order valence-corrected chi connectivity index (χ0v) is 9.13. The molecule has 0 radical (unpaired) electrons. The van der Waals surface area contributed by atoms with E-state index in [2.05, 4.69) is 11.3 Å². The third kappa shape index (κ3) is 4.34. The maximum Gasteiger partial charge on any atom is 0.342 e. The van der Waals surface area contributed by atoms with Gasteiger partial charge in [-0.25, -0.2) is 9.59 Å². The van der Waals surface area contributed by atoms with Crippen molar-refractivity contribution in [1.29, 1.82) is 0 Å². The lowest BCUT2D eigenvalue weighted by atomic mass is 10.1. The summed E-state index contributed by atoms with van der Waals surface area (Å²) < 4.78 is 4.61. The fourth-order valence-corrected chi connectivity index (χ4v) is 1.22. The van der Waals surface area contributed by atoms with Crippen LogP contribution in [0, 0.1) is 0 Å². The van der Waals surface area contributed by atoms with E-state index in [0.29, 0.717) is 12.0 Å². The van der Waals surface area contributed by atoms with Crippen LogP contribution in [0.25, 0.3) is 0 Å². The first-order valence-electron chi connectivity index (χ1n) is 4.94. The molecular formula is C13H12O4. The molecule has 1 aromatic rings. The van der Waals surface area contributed by atoms with Crippen molar-refractivity contribution < 1.29 is 19.4 Å². The number of hydrogen-bond acceptors (Lipinski definition) is 3. The molecule has 0 aliphatic rings. The SMILES string of the molecule is C=COC(=O)c1ccc(CC=CC(=O)O)cc1. The normalized spacial score (nSPS) is 10.1. The second-order valence-electron chi connectivity index (χ2n) is 3.21. The number of carbonyl (C=O) groups is 2. The Morgan fingerprint density at radius 3 is 2.47 bits per heavy atom. The van der Waals surface area contributed by atoms with Gasteiger partial charge in [-0.1, -0.05) is 24.8 Å². The molecule has 0 aromatic heterocycles. The van der Waals surface area contributed by atoms with Gasteiger partial charge >= 0.3 is 11.9 Å². The molecule has 0 spiro atoms. The third-order valence-electron chi connectivity index (χ3n) is 1.99. The van der Waals surface area contributed by atoms with E-state index in [0.717, 1.165) is 17.9 Å². The molecule has 0 bridgehead atoms. The Labute approximate surface area is 98.8 Å². The Morgan fingerprint density at radius 1 is 1.29 bits per heavy atom. The average Bonchev–Trinajstić information content (AvgIpc) is 2.30. The lowest BCUT2D eigenvalue weighted by Gasteiger charge is -2.00. The first kappa shape index (κ1) is 12.7. The van der Waals surface area contributed by atoms with E-state index in [9.17, 15) is 9.59 Å². The molecule has 1 N–H and O–H groups in total. The van der Waals surface area contributed by atoms with Crippen molar-refractivity contribution in [2.24, 2.45) is 0 Å². The molecule has 4 heteroatoms. The minimum Gasteiger partial charge on any atom is -0.478 e. The minimum atomic E-state index is -0.976. The molecule has 0 aliphatic heterocycles. The number of benzene rings is 1. The summed E-state index contributed by atoms with van der Waals surface area (Å²) in [6.07, 6.45) is 4.20. The molecule has 0 fully saturated rings. The van der Waals surface area contributed by atoms with Gasteiger partial charge in [0.05, 0.1) is 11.8 Å². The van der Waals surface area contributed by atoms with Crippen molar-refractivity contribution in [2.45, 2.75) is 6.42 Å². The van der Waals surface area contributed by atoms with E-state index >= 15 is 0 Å². The van der Waals surface area contributed by atoms with Crippen LogP contribution < -0.4 is 0 Å². The smallest absolute Gasteiger partial charge is 0.342 e. The van der Waals surface area contributed by atoms with Gasteiger partial charge in [-0.05, 0) is 24.1 Å². The molecule has 0 aliphatic carbocycles. The summed E-state index contributed by atoms with van der Waals surface area (Å²) in [7, 11) is 0.